The first-order valence-electron chi connectivity index (χ1n) is 8.60. The number of aromatic nitrogens is 1. The second-order valence-corrected chi connectivity index (χ2v) is 7.99. The smallest absolute Gasteiger partial charge is 0.339 e. The molecular formula is C21H20N2O4S. The molecule has 0 aliphatic heterocycles. The second kappa shape index (κ2) is 7.82. The predicted molar refractivity (Wildman–Crippen MR) is 107 cm³/mol. The first kappa shape index (κ1) is 19.6. The lowest BCUT2D eigenvalue weighted by Crippen LogP contribution is -2.14. The van der Waals surface area contributed by atoms with Crippen LogP contribution < -0.4 is 9.50 Å². The zero-order valence-electron chi connectivity index (χ0n) is 15.8. The summed E-state index contributed by atoms with van der Waals surface area (Å²) in [4.78, 5) is 16.5. The van der Waals surface area contributed by atoms with Crippen molar-refractivity contribution in [1.82, 2.24) is 4.98 Å². The first-order valence-corrected chi connectivity index (χ1v) is 10.0. The average molecular weight is 396 g/mol. The monoisotopic (exact) mass is 396 g/mol. The molecule has 6 nitrogen and oxygen atoms in total. The molecule has 1 N–H and O–H groups in total. The molecule has 7 heteroatoms. The first-order chi connectivity index (χ1) is 13.3. The van der Waals surface area contributed by atoms with E-state index in [-0.39, 0.29) is 16.6 Å². The summed E-state index contributed by atoms with van der Waals surface area (Å²) in [7, 11) is -3.96. The minimum absolute atomic E-state index is 0.126. The van der Waals surface area contributed by atoms with Crippen LogP contribution in [0.1, 0.15) is 27.0 Å². The van der Waals surface area contributed by atoms with Gasteiger partial charge in [0.05, 0.1) is 11.9 Å². The average Bonchev–Trinajstić information content (AvgIpc) is 2.65. The Labute approximate surface area is 164 Å². The lowest BCUT2D eigenvalue weighted by atomic mass is 10.2. The van der Waals surface area contributed by atoms with Gasteiger partial charge in [0.15, 0.2) is 0 Å². The van der Waals surface area contributed by atoms with Gasteiger partial charge in [0.1, 0.15) is 10.6 Å². The normalized spacial score (nSPS) is 11.1. The fourth-order valence-electron chi connectivity index (χ4n) is 2.60. The molecule has 0 unspecified atom stereocenters. The largest absolute Gasteiger partial charge is 0.379 e. The summed E-state index contributed by atoms with van der Waals surface area (Å²) in [6.45, 7) is 5.39. The number of aryl methyl sites for hydroxylation is 3. The summed E-state index contributed by atoms with van der Waals surface area (Å²) in [6, 6.07) is 12.9. The van der Waals surface area contributed by atoms with Crippen molar-refractivity contribution >= 4 is 21.7 Å². The zero-order valence-corrected chi connectivity index (χ0v) is 16.6. The highest BCUT2D eigenvalue weighted by molar-refractivity contribution is 7.87. The van der Waals surface area contributed by atoms with Crippen molar-refractivity contribution in [1.29, 1.82) is 0 Å². The van der Waals surface area contributed by atoms with Gasteiger partial charge in [-0.1, -0.05) is 12.1 Å². The van der Waals surface area contributed by atoms with Crippen molar-refractivity contribution in [2.45, 2.75) is 25.7 Å². The van der Waals surface area contributed by atoms with E-state index in [1.165, 1.54) is 24.3 Å². The van der Waals surface area contributed by atoms with Gasteiger partial charge < -0.3 is 9.50 Å². The number of carbonyl (C=O) groups excluding carboxylic acids is 1. The molecule has 0 saturated carbocycles. The minimum atomic E-state index is -3.96. The van der Waals surface area contributed by atoms with Crippen molar-refractivity contribution in [2.24, 2.45) is 0 Å². The van der Waals surface area contributed by atoms with Gasteiger partial charge in [0.2, 0.25) is 0 Å². The highest BCUT2D eigenvalue weighted by atomic mass is 32.2. The third kappa shape index (κ3) is 4.37. The molecule has 0 atom stereocenters. The van der Waals surface area contributed by atoms with Crippen molar-refractivity contribution in [2.75, 3.05) is 5.32 Å². The van der Waals surface area contributed by atoms with Crippen molar-refractivity contribution in [3.8, 4) is 5.75 Å². The van der Waals surface area contributed by atoms with Crippen molar-refractivity contribution in [3.05, 3.63) is 83.2 Å². The van der Waals surface area contributed by atoms with Crippen LogP contribution in [0.25, 0.3) is 0 Å². The number of nitrogens with one attached hydrogen (secondary N) is 1. The van der Waals surface area contributed by atoms with E-state index in [1.807, 2.05) is 19.9 Å². The maximum absolute atomic E-state index is 12.6. The standard InChI is InChI=1S/C21H20N2O4S/c1-14-4-5-16(3)20(12-14)28(25,26)27-18-8-6-17(7-9-18)21(24)23-19-13-22-11-10-15(19)2/h4-13H,1-3H3,(H,23,24). The Balaban J connectivity index is 1.76. The van der Waals surface area contributed by atoms with Crippen LogP contribution in [0.2, 0.25) is 0 Å². The molecule has 28 heavy (non-hydrogen) atoms. The zero-order chi connectivity index (χ0) is 20.3. The molecule has 0 radical (unpaired) electrons. The summed E-state index contributed by atoms with van der Waals surface area (Å²) in [5.41, 5.74) is 3.31. The molecular weight excluding hydrogens is 376 g/mol. The third-order valence-corrected chi connectivity index (χ3v) is 5.61. The maximum atomic E-state index is 12.6. The topological polar surface area (TPSA) is 85.4 Å². The second-order valence-electron chi connectivity index (χ2n) is 6.48. The van der Waals surface area contributed by atoms with Crippen LogP contribution in [0.15, 0.2) is 65.8 Å². The molecule has 2 aromatic carbocycles. The number of amides is 1. The van der Waals surface area contributed by atoms with Gasteiger partial charge >= 0.3 is 10.1 Å². The number of benzene rings is 2. The number of rotatable bonds is 5. The summed E-state index contributed by atoms with van der Waals surface area (Å²) in [5.74, 6) is -0.185. The lowest BCUT2D eigenvalue weighted by Gasteiger charge is -2.11. The highest BCUT2D eigenvalue weighted by Crippen LogP contribution is 2.23. The molecule has 1 heterocycles. The van der Waals surface area contributed by atoms with Crippen LogP contribution >= 0.6 is 0 Å². The fraction of sp³-hybridized carbons (Fsp3) is 0.143. The van der Waals surface area contributed by atoms with Gasteiger partial charge in [0.25, 0.3) is 5.91 Å². The van der Waals surface area contributed by atoms with Crippen LogP contribution in [0.5, 0.6) is 5.75 Å². The number of nitrogens with zero attached hydrogens (tertiary/aromatic N) is 1. The molecule has 0 aliphatic carbocycles. The summed E-state index contributed by atoms with van der Waals surface area (Å²) in [5, 5.41) is 2.77. The van der Waals surface area contributed by atoms with Crippen molar-refractivity contribution < 1.29 is 17.4 Å². The Morgan fingerprint density at radius 1 is 0.964 bits per heavy atom. The molecule has 144 valence electrons. The van der Waals surface area contributed by atoms with E-state index >= 15 is 0 Å². The number of pyridine rings is 1. The summed E-state index contributed by atoms with van der Waals surface area (Å²) in [6.07, 6.45) is 3.22. The predicted octanol–water partition coefficient (Wildman–Crippen LogP) is 4.03. The molecule has 0 bridgehead atoms. The third-order valence-electron chi connectivity index (χ3n) is 4.22. The Morgan fingerprint density at radius 2 is 1.68 bits per heavy atom. The lowest BCUT2D eigenvalue weighted by molar-refractivity contribution is 0.102. The Hall–Kier alpha value is -3.19. The Morgan fingerprint density at radius 3 is 2.36 bits per heavy atom. The molecule has 3 rings (SSSR count). The van der Waals surface area contributed by atoms with E-state index in [1.54, 1.807) is 37.5 Å². The van der Waals surface area contributed by atoms with E-state index in [0.29, 0.717) is 16.8 Å². The van der Waals surface area contributed by atoms with E-state index in [4.69, 9.17) is 4.18 Å². The fourth-order valence-corrected chi connectivity index (χ4v) is 3.85. The van der Waals surface area contributed by atoms with Gasteiger partial charge in [0, 0.05) is 11.8 Å². The molecule has 0 fully saturated rings. The van der Waals surface area contributed by atoms with Crippen LogP contribution in [0.3, 0.4) is 0 Å². The molecule has 0 aliphatic rings. The van der Waals surface area contributed by atoms with Gasteiger partial charge in [-0.15, -0.1) is 0 Å². The van der Waals surface area contributed by atoms with Crippen LogP contribution in [0, 0.1) is 20.8 Å². The van der Waals surface area contributed by atoms with E-state index in [0.717, 1.165) is 11.1 Å². The van der Waals surface area contributed by atoms with Gasteiger partial charge in [-0.2, -0.15) is 8.42 Å². The van der Waals surface area contributed by atoms with Crippen LogP contribution in [0.4, 0.5) is 5.69 Å². The maximum Gasteiger partial charge on any atom is 0.339 e. The quantitative estimate of drug-likeness (QED) is 0.658. The van der Waals surface area contributed by atoms with Crippen molar-refractivity contribution in [3.63, 3.8) is 0 Å². The Bertz CT molecular complexity index is 1120. The summed E-state index contributed by atoms with van der Waals surface area (Å²) >= 11 is 0. The van der Waals surface area contributed by atoms with E-state index < -0.39 is 10.1 Å². The van der Waals surface area contributed by atoms with Gasteiger partial charge in [-0.3, -0.25) is 9.78 Å². The van der Waals surface area contributed by atoms with E-state index in [2.05, 4.69) is 10.3 Å². The number of anilines is 1. The molecule has 0 saturated heterocycles. The number of hydrogen-bond donors (Lipinski definition) is 1. The highest BCUT2D eigenvalue weighted by Gasteiger charge is 2.19. The van der Waals surface area contributed by atoms with Gasteiger partial charge in [-0.05, 0) is 73.9 Å². The number of carbonyl (C=O) groups is 1. The summed E-state index contributed by atoms with van der Waals surface area (Å²) < 4.78 is 30.4. The minimum Gasteiger partial charge on any atom is -0.379 e. The van der Waals surface area contributed by atoms with E-state index in [9.17, 15) is 13.2 Å². The Kier molecular flexibility index (Phi) is 5.46. The SMILES string of the molecule is Cc1ccc(C)c(S(=O)(=O)Oc2ccc(C(=O)Nc3cnccc3C)cc2)c1. The molecule has 1 aromatic heterocycles. The number of hydrogen-bond acceptors (Lipinski definition) is 5. The molecule has 0 spiro atoms. The van der Waals surface area contributed by atoms with Gasteiger partial charge in [-0.25, -0.2) is 0 Å². The molecule has 3 aromatic rings. The molecule has 1 amide bonds. The van der Waals surface area contributed by atoms with Crippen LogP contribution in [-0.4, -0.2) is 19.3 Å². The van der Waals surface area contributed by atoms with Crippen LogP contribution in [-0.2, 0) is 10.1 Å².